The normalized spacial score (nSPS) is 10.5. The first-order valence-electron chi connectivity index (χ1n) is 4.54. The molecule has 0 aromatic carbocycles. The van der Waals surface area contributed by atoms with Gasteiger partial charge in [0, 0.05) is 6.20 Å². The Hall–Kier alpha value is -1.47. The molecule has 0 atom stereocenters. The molecule has 0 radical (unpaired) electrons. The van der Waals surface area contributed by atoms with Crippen LogP contribution in [0.5, 0.6) is 0 Å². The molecule has 6 nitrogen and oxygen atoms in total. The van der Waals surface area contributed by atoms with Crippen molar-refractivity contribution < 1.29 is 4.92 Å². The molecule has 88 valence electrons. The van der Waals surface area contributed by atoms with Crippen LogP contribution in [-0.2, 0) is 6.54 Å². The van der Waals surface area contributed by atoms with Crippen molar-refractivity contribution in [1.82, 2.24) is 14.8 Å². The molecule has 0 saturated carbocycles. The maximum atomic E-state index is 10.6. The summed E-state index contributed by atoms with van der Waals surface area (Å²) in [5, 5.41) is 15.0. The van der Waals surface area contributed by atoms with Crippen molar-refractivity contribution in [2.75, 3.05) is 0 Å². The van der Waals surface area contributed by atoms with Gasteiger partial charge in [-0.2, -0.15) is 4.68 Å². The van der Waals surface area contributed by atoms with Crippen LogP contribution in [0.4, 0.5) is 5.82 Å². The Kier molecular flexibility index (Phi) is 3.39. The van der Waals surface area contributed by atoms with E-state index in [0.717, 1.165) is 5.69 Å². The smallest absolute Gasteiger partial charge is 0.358 e. The molecule has 17 heavy (non-hydrogen) atoms. The lowest BCUT2D eigenvalue weighted by molar-refractivity contribution is -0.390. The van der Waals surface area contributed by atoms with Crippen molar-refractivity contribution in [3.8, 4) is 0 Å². The van der Waals surface area contributed by atoms with E-state index in [-0.39, 0.29) is 5.82 Å². The van der Waals surface area contributed by atoms with E-state index < -0.39 is 4.92 Å². The van der Waals surface area contributed by atoms with Crippen LogP contribution in [0.25, 0.3) is 0 Å². The fraction of sp³-hybridized carbons (Fsp3) is 0.111. The van der Waals surface area contributed by atoms with Crippen LogP contribution in [0.1, 0.15) is 5.69 Å². The molecular formula is C9H6BrClN4O2. The monoisotopic (exact) mass is 316 g/mol. The Labute approximate surface area is 110 Å². The van der Waals surface area contributed by atoms with Gasteiger partial charge >= 0.3 is 5.82 Å². The van der Waals surface area contributed by atoms with E-state index >= 15 is 0 Å². The number of nitro groups is 1. The second-order valence-electron chi connectivity index (χ2n) is 3.22. The van der Waals surface area contributed by atoms with Crippen molar-refractivity contribution in [2.24, 2.45) is 0 Å². The van der Waals surface area contributed by atoms with E-state index in [1.54, 1.807) is 12.1 Å². The highest BCUT2D eigenvalue weighted by molar-refractivity contribution is 9.10. The molecule has 2 heterocycles. The Morgan fingerprint density at radius 2 is 2.29 bits per heavy atom. The molecule has 0 saturated heterocycles. The number of hydrogen-bond acceptors (Lipinski definition) is 4. The predicted octanol–water partition coefficient (Wildman–Crippen LogP) is 2.65. The summed E-state index contributed by atoms with van der Waals surface area (Å²) in [6.45, 7) is 0.351. The summed E-state index contributed by atoms with van der Waals surface area (Å²) in [4.78, 5) is 14.1. The number of halogens is 2. The van der Waals surface area contributed by atoms with E-state index in [9.17, 15) is 10.1 Å². The van der Waals surface area contributed by atoms with Gasteiger partial charge in [0.2, 0.25) is 0 Å². The number of nitrogens with zero attached hydrogens (tertiary/aromatic N) is 4. The zero-order valence-electron chi connectivity index (χ0n) is 8.38. The van der Waals surface area contributed by atoms with Crippen LogP contribution in [0, 0.1) is 10.1 Å². The molecule has 0 N–H and O–H groups in total. The van der Waals surface area contributed by atoms with Gasteiger partial charge in [0.15, 0.2) is 0 Å². The summed E-state index contributed by atoms with van der Waals surface area (Å²) < 4.78 is 1.79. The van der Waals surface area contributed by atoms with Gasteiger partial charge in [0.05, 0.1) is 22.0 Å². The highest BCUT2D eigenvalue weighted by Crippen LogP contribution is 2.22. The van der Waals surface area contributed by atoms with Gasteiger partial charge in [-0.3, -0.25) is 4.98 Å². The van der Waals surface area contributed by atoms with Gasteiger partial charge in [0.1, 0.15) is 11.0 Å². The third kappa shape index (κ3) is 2.80. The Bertz CT molecular complexity index is 555. The lowest BCUT2D eigenvalue weighted by Gasteiger charge is -1.97. The van der Waals surface area contributed by atoms with Crippen LogP contribution in [0.3, 0.4) is 0 Å². The van der Waals surface area contributed by atoms with Crippen molar-refractivity contribution in [3.05, 3.63) is 49.8 Å². The number of aromatic nitrogens is 3. The third-order valence-corrected chi connectivity index (χ3v) is 2.77. The van der Waals surface area contributed by atoms with Gasteiger partial charge in [-0.05, 0) is 33.0 Å². The number of rotatable bonds is 3. The fourth-order valence-electron chi connectivity index (χ4n) is 1.26. The zero-order valence-corrected chi connectivity index (χ0v) is 10.7. The summed E-state index contributed by atoms with van der Waals surface area (Å²) in [6, 6.07) is 3.45. The molecule has 0 aliphatic rings. The summed E-state index contributed by atoms with van der Waals surface area (Å²) in [6.07, 6.45) is 3.05. The first-order chi connectivity index (χ1) is 8.06. The summed E-state index contributed by atoms with van der Waals surface area (Å²) in [5.41, 5.74) is 0.722. The molecule has 0 aliphatic carbocycles. The molecule has 8 heteroatoms. The lowest BCUT2D eigenvalue weighted by atomic mass is 10.3. The fourth-order valence-corrected chi connectivity index (χ4v) is 1.83. The van der Waals surface area contributed by atoms with Crippen LogP contribution in [-0.4, -0.2) is 19.7 Å². The predicted molar refractivity (Wildman–Crippen MR) is 64.9 cm³/mol. The molecule has 0 amide bonds. The van der Waals surface area contributed by atoms with E-state index in [0.29, 0.717) is 16.0 Å². The van der Waals surface area contributed by atoms with Gasteiger partial charge in [0.25, 0.3) is 0 Å². The van der Waals surface area contributed by atoms with Crippen molar-refractivity contribution in [1.29, 1.82) is 0 Å². The Morgan fingerprint density at radius 1 is 1.53 bits per heavy atom. The minimum atomic E-state index is -0.546. The molecule has 0 bridgehead atoms. The summed E-state index contributed by atoms with van der Waals surface area (Å²) in [5.74, 6) is -0.209. The molecule has 2 aromatic rings. The van der Waals surface area contributed by atoms with Gasteiger partial charge in [-0.1, -0.05) is 11.6 Å². The first kappa shape index (κ1) is 12.0. The maximum absolute atomic E-state index is 10.6. The first-order valence-corrected chi connectivity index (χ1v) is 5.71. The summed E-state index contributed by atoms with van der Waals surface area (Å²) in [7, 11) is 0. The van der Waals surface area contributed by atoms with Gasteiger partial charge in [-0.15, -0.1) is 0 Å². The standard InChI is InChI=1S/C9H6BrClN4O2/c10-8-5-14(13-9(8)15(16)17)4-7-2-1-6(11)3-12-7/h1-3,5H,4H2. The van der Waals surface area contributed by atoms with E-state index in [1.807, 2.05) is 0 Å². The van der Waals surface area contributed by atoms with Gasteiger partial charge in [-0.25, -0.2) is 0 Å². The highest BCUT2D eigenvalue weighted by Gasteiger charge is 2.18. The zero-order chi connectivity index (χ0) is 12.4. The van der Waals surface area contributed by atoms with Crippen LogP contribution < -0.4 is 0 Å². The largest absolute Gasteiger partial charge is 0.404 e. The Morgan fingerprint density at radius 3 is 2.82 bits per heavy atom. The van der Waals surface area contributed by atoms with Crippen molar-refractivity contribution >= 4 is 33.3 Å². The SMILES string of the molecule is O=[N+]([O-])c1nn(Cc2ccc(Cl)cn2)cc1Br. The quantitative estimate of drug-likeness (QED) is 0.644. The second-order valence-corrected chi connectivity index (χ2v) is 4.51. The van der Waals surface area contributed by atoms with E-state index in [4.69, 9.17) is 11.6 Å². The molecular weight excluding hydrogens is 311 g/mol. The summed E-state index contributed by atoms with van der Waals surface area (Å²) >= 11 is 8.78. The minimum absolute atomic E-state index is 0.209. The van der Waals surface area contributed by atoms with Crippen LogP contribution in [0.2, 0.25) is 5.02 Å². The van der Waals surface area contributed by atoms with E-state index in [1.165, 1.54) is 17.1 Å². The number of pyridine rings is 1. The van der Waals surface area contributed by atoms with E-state index in [2.05, 4.69) is 26.0 Å². The maximum Gasteiger partial charge on any atom is 0.404 e. The molecule has 0 unspecified atom stereocenters. The number of hydrogen-bond donors (Lipinski definition) is 0. The Balaban J connectivity index is 2.22. The highest BCUT2D eigenvalue weighted by atomic mass is 79.9. The van der Waals surface area contributed by atoms with Gasteiger partial charge < -0.3 is 10.1 Å². The molecule has 2 rings (SSSR count). The molecule has 0 aliphatic heterocycles. The molecule has 0 fully saturated rings. The average Bonchev–Trinajstić information content (AvgIpc) is 2.63. The third-order valence-electron chi connectivity index (χ3n) is 1.98. The molecule has 0 spiro atoms. The van der Waals surface area contributed by atoms with Crippen molar-refractivity contribution in [2.45, 2.75) is 6.54 Å². The van der Waals surface area contributed by atoms with Crippen LogP contribution in [0.15, 0.2) is 29.0 Å². The molecule has 2 aromatic heterocycles. The second kappa shape index (κ2) is 4.80. The average molecular weight is 318 g/mol. The lowest BCUT2D eigenvalue weighted by Crippen LogP contribution is -2.02. The van der Waals surface area contributed by atoms with Crippen molar-refractivity contribution in [3.63, 3.8) is 0 Å². The minimum Gasteiger partial charge on any atom is -0.358 e. The van der Waals surface area contributed by atoms with Crippen LogP contribution >= 0.6 is 27.5 Å². The topological polar surface area (TPSA) is 73.8 Å².